The van der Waals surface area contributed by atoms with Crippen LogP contribution in [0, 0.1) is 0 Å². The SMILES string of the molecule is NCc1ccc(Oc2ccccc2Br)cc1Br. The third-order valence-corrected chi connectivity index (χ3v) is 3.70. The van der Waals surface area contributed by atoms with Crippen molar-refractivity contribution in [3.05, 3.63) is 57.0 Å². The molecule has 2 nitrogen and oxygen atoms in total. The summed E-state index contributed by atoms with van der Waals surface area (Å²) in [6.07, 6.45) is 0. The van der Waals surface area contributed by atoms with Crippen molar-refractivity contribution in [2.75, 3.05) is 0 Å². The fraction of sp³-hybridized carbons (Fsp3) is 0.0769. The van der Waals surface area contributed by atoms with E-state index in [9.17, 15) is 0 Å². The predicted molar refractivity (Wildman–Crippen MR) is 76.2 cm³/mol. The molecule has 0 atom stereocenters. The van der Waals surface area contributed by atoms with Gasteiger partial charge in [0.2, 0.25) is 0 Å². The fourth-order valence-electron chi connectivity index (χ4n) is 1.41. The molecular formula is C13H11Br2NO. The normalized spacial score (nSPS) is 10.3. The molecule has 0 saturated carbocycles. The van der Waals surface area contributed by atoms with Crippen LogP contribution in [0.1, 0.15) is 5.56 Å². The van der Waals surface area contributed by atoms with E-state index in [0.717, 1.165) is 26.0 Å². The Hall–Kier alpha value is -0.840. The average molecular weight is 357 g/mol. The zero-order valence-corrected chi connectivity index (χ0v) is 12.2. The molecule has 88 valence electrons. The summed E-state index contributed by atoms with van der Waals surface area (Å²) in [6.45, 7) is 0.510. The van der Waals surface area contributed by atoms with E-state index in [1.807, 2.05) is 42.5 Å². The van der Waals surface area contributed by atoms with Crippen molar-refractivity contribution in [2.24, 2.45) is 5.73 Å². The van der Waals surface area contributed by atoms with Gasteiger partial charge in [-0.15, -0.1) is 0 Å². The van der Waals surface area contributed by atoms with Gasteiger partial charge in [0.1, 0.15) is 11.5 Å². The Bertz CT molecular complexity index is 529. The van der Waals surface area contributed by atoms with Crippen LogP contribution < -0.4 is 10.5 Å². The molecule has 0 unspecified atom stereocenters. The molecule has 17 heavy (non-hydrogen) atoms. The van der Waals surface area contributed by atoms with Gasteiger partial charge >= 0.3 is 0 Å². The molecule has 0 spiro atoms. The van der Waals surface area contributed by atoms with E-state index in [0.29, 0.717) is 6.54 Å². The van der Waals surface area contributed by atoms with Crippen LogP contribution in [0.15, 0.2) is 51.4 Å². The Labute approximate surface area is 117 Å². The molecule has 0 aliphatic carbocycles. The van der Waals surface area contributed by atoms with Gasteiger partial charge in [0.15, 0.2) is 0 Å². The number of hydrogen-bond acceptors (Lipinski definition) is 2. The molecular weight excluding hydrogens is 346 g/mol. The molecule has 4 heteroatoms. The van der Waals surface area contributed by atoms with Crippen LogP contribution in [-0.2, 0) is 6.54 Å². The van der Waals surface area contributed by atoms with Crippen LogP contribution in [0.25, 0.3) is 0 Å². The second-order valence-electron chi connectivity index (χ2n) is 3.49. The standard InChI is InChI=1S/C13H11Br2NO/c14-11-3-1-2-4-13(11)17-10-6-5-9(8-16)12(15)7-10/h1-7H,8,16H2. The quantitative estimate of drug-likeness (QED) is 0.880. The van der Waals surface area contributed by atoms with Gasteiger partial charge < -0.3 is 10.5 Å². The Balaban J connectivity index is 2.25. The molecule has 2 N–H and O–H groups in total. The summed E-state index contributed by atoms with van der Waals surface area (Å²) in [5, 5.41) is 0. The van der Waals surface area contributed by atoms with E-state index in [4.69, 9.17) is 10.5 Å². The lowest BCUT2D eigenvalue weighted by molar-refractivity contribution is 0.479. The molecule has 2 rings (SSSR count). The summed E-state index contributed by atoms with van der Waals surface area (Å²) in [4.78, 5) is 0. The van der Waals surface area contributed by atoms with Crippen molar-refractivity contribution in [2.45, 2.75) is 6.54 Å². The Morgan fingerprint density at radius 3 is 2.41 bits per heavy atom. The minimum Gasteiger partial charge on any atom is -0.456 e. The van der Waals surface area contributed by atoms with Crippen LogP contribution in [0.4, 0.5) is 0 Å². The second kappa shape index (κ2) is 5.67. The highest BCUT2D eigenvalue weighted by molar-refractivity contribution is 9.10. The molecule has 0 bridgehead atoms. The van der Waals surface area contributed by atoms with E-state index < -0.39 is 0 Å². The van der Waals surface area contributed by atoms with E-state index in [1.165, 1.54) is 0 Å². The molecule has 0 amide bonds. The van der Waals surface area contributed by atoms with Gasteiger partial charge in [-0.1, -0.05) is 34.1 Å². The van der Waals surface area contributed by atoms with Crippen LogP contribution in [0.5, 0.6) is 11.5 Å². The zero-order chi connectivity index (χ0) is 12.3. The van der Waals surface area contributed by atoms with Gasteiger partial charge in [-0.05, 0) is 45.8 Å². The van der Waals surface area contributed by atoms with Gasteiger partial charge in [0.05, 0.1) is 4.47 Å². The lowest BCUT2D eigenvalue weighted by Gasteiger charge is -2.09. The summed E-state index contributed by atoms with van der Waals surface area (Å²) in [5.41, 5.74) is 6.66. The minimum absolute atomic E-state index is 0.510. The predicted octanol–water partition coefficient (Wildman–Crippen LogP) is 4.46. The van der Waals surface area contributed by atoms with E-state index in [-0.39, 0.29) is 0 Å². The minimum atomic E-state index is 0.510. The molecule has 2 aromatic rings. The molecule has 0 radical (unpaired) electrons. The van der Waals surface area contributed by atoms with Gasteiger partial charge in [-0.25, -0.2) is 0 Å². The van der Waals surface area contributed by atoms with Crippen molar-refractivity contribution in [1.29, 1.82) is 0 Å². The first-order valence-electron chi connectivity index (χ1n) is 5.11. The molecule has 0 aromatic heterocycles. The van der Waals surface area contributed by atoms with Crippen molar-refractivity contribution in [3.8, 4) is 11.5 Å². The summed E-state index contributed by atoms with van der Waals surface area (Å²) < 4.78 is 7.66. The summed E-state index contributed by atoms with van der Waals surface area (Å²) >= 11 is 6.91. The van der Waals surface area contributed by atoms with Crippen molar-refractivity contribution >= 4 is 31.9 Å². The second-order valence-corrected chi connectivity index (χ2v) is 5.20. The Morgan fingerprint density at radius 1 is 1.00 bits per heavy atom. The topological polar surface area (TPSA) is 35.2 Å². The first-order valence-corrected chi connectivity index (χ1v) is 6.70. The highest BCUT2D eigenvalue weighted by Gasteiger charge is 2.04. The lowest BCUT2D eigenvalue weighted by Crippen LogP contribution is -1.97. The van der Waals surface area contributed by atoms with Crippen LogP contribution in [0.2, 0.25) is 0 Å². The first kappa shape index (κ1) is 12.6. The first-order chi connectivity index (χ1) is 8.20. The largest absolute Gasteiger partial charge is 0.456 e. The van der Waals surface area contributed by atoms with Gasteiger partial charge in [-0.2, -0.15) is 0 Å². The number of para-hydroxylation sites is 1. The Morgan fingerprint density at radius 2 is 1.76 bits per heavy atom. The maximum absolute atomic E-state index is 5.77. The monoisotopic (exact) mass is 355 g/mol. The van der Waals surface area contributed by atoms with E-state index in [1.54, 1.807) is 0 Å². The maximum Gasteiger partial charge on any atom is 0.141 e. The third-order valence-electron chi connectivity index (χ3n) is 2.31. The number of ether oxygens (including phenoxy) is 1. The van der Waals surface area contributed by atoms with E-state index in [2.05, 4.69) is 31.9 Å². The van der Waals surface area contributed by atoms with Crippen molar-refractivity contribution in [3.63, 3.8) is 0 Å². The summed E-state index contributed by atoms with van der Waals surface area (Å²) in [6, 6.07) is 13.5. The average Bonchev–Trinajstić information content (AvgIpc) is 2.32. The van der Waals surface area contributed by atoms with Crippen molar-refractivity contribution < 1.29 is 4.74 Å². The highest BCUT2D eigenvalue weighted by atomic mass is 79.9. The molecule has 2 aromatic carbocycles. The molecule has 0 aliphatic rings. The molecule has 0 aliphatic heterocycles. The number of benzene rings is 2. The number of rotatable bonds is 3. The fourth-order valence-corrected chi connectivity index (χ4v) is 2.30. The maximum atomic E-state index is 5.77. The molecule has 0 fully saturated rings. The zero-order valence-electron chi connectivity index (χ0n) is 8.99. The van der Waals surface area contributed by atoms with Gasteiger partial charge in [-0.3, -0.25) is 0 Å². The number of hydrogen-bond donors (Lipinski definition) is 1. The summed E-state index contributed by atoms with van der Waals surface area (Å²) in [5.74, 6) is 1.57. The van der Waals surface area contributed by atoms with Gasteiger partial charge in [0, 0.05) is 11.0 Å². The molecule has 0 heterocycles. The van der Waals surface area contributed by atoms with Crippen LogP contribution >= 0.6 is 31.9 Å². The van der Waals surface area contributed by atoms with E-state index >= 15 is 0 Å². The highest BCUT2D eigenvalue weighted by Crippen LogP contribution is 2.31. The number of halogens is 2. The summed E-state index contributed by atoms with van der Waals surface area (Å²) in [7, 11) is 0. The van der Waals surface area contributed by atoms with Gasteiger partial charge in [0.25, 0.3) is 0 Å². The number of nitrogens with two attached hydrogens (primary N) is 1. The van der Waals surface area contributed by atoms with Crippen LogP contribution in [0.3, 0.4) is 0 Å². The lowest BCUT2D eigenvalue weighted by atomic mass is 10.2. The Kier molecular flexibility index (Phi) is 4.20. The molecule has 0 saturated heterocycles. The third kappa shape index (κ3) is 3.09. The van der Waals surface area contributed by atoms with Crippen molar-refractivity contribution in [1.82, 2.24) is 0 Å². The van der Waals surface area contributed by atoms with Crippen LogP contribution in [-0.4, -0.2) is 0 Å². The smallest absolute Gasteiger partial charge is 0.141 e.